The Balaban J connectivity index is 1.43. The van der Waals surface area contributed by atoms with Crippen molar-refractivity contribution in [2.24, 2.45) is 0 Å². The van der Waals surface area contributed by atoms with Gasteiger partial charge in [-0.2, -0.15) is 0 Å². The Labute approximate surface area is 147 Å². The lowest BCUT2D eigenvalue weighted by molar-refractivity contribution is -0.384. The number of rotatable bonds is 5. The SMILES string of the molecule is O=C(CN1CCOCC1)N1CCN(Cc2ccc([N+](=O)[O-])cc2)CC1. The van der Waals surface area contributed by atoms with Crippen molar-refractivity contribution in [3.8, 4) is 0 Å². The zero-order valence-corrected chi connectivity index (χ0v) is 14.3. The van der Waals surface area contributed by atoms with Crippen molar-refractivity contribution in [1.29, 1.82) is 0 Å². The van der Waals surface area contributed by atoms with Crippen LogP contribution in [0.5, 0.6) is 0 Å². The summed E-state index contributed by atoms with van der Waals surface area (Å²) in [6.45, 7) is 7.41. The molecule has 0 unspecified atom stereocenters. The van der Waals surface area contributed by atoms with Gasteiger partial charge in [-0.1, -0.05) is 12.1 Å². The van der Waals surface area contributed by atoms with Crippen LogP contribution in [0.15, 0.2) is 24.3 Å². The predicted molar refractivity (Wildman–Crippen MR) is 92.2 cm³/mol. The lowest BCUT2D eigenvalue weighted by Crippen LogP contribution is -2.51. The predicted octanol–water partition coefficient (Wildman–Crippen LogP) is 0.571. The van der Waals surface area contributed by atoms with Gasteiger partial charge in [-0.15, -0.1) is 0 Å². The third-order valence-electron chi connectivity index (χ3n) is 4.74. The molecule has 2 aliphatic heterocycles. The molecule has 0 atom stereocenters. The van der Waals surface area contributed by atoms with Gasteiger partial charge in [-0.25, -0.2) is 0 Å². The molecule has 8 heteroatoms. The average Bonchev–Trinajstić information content (AvgIpc) is 2.63. The molecule has 0 aliphatic carbocycles. The number of hydrogen-bond donors (Lipinski definition) is 0. The molecule has 1 amide bonds. The average molecular weight is 348 g/mol. The number of carbonyl (C=O) groups excluding carboxylic acids is 1. The van der Waals surface area contributed by atoms with Crippen LogP contribution in [0.3, 0.4) is 0 Å². The first-order valence-corrected chi connectivity index (χ1v) is 8.65. The minimum absolute atomic E-state index is 0.113. The van der Waals surface area contributed by atoms with Gasteiger partial charge in [0.25, 0.3) is 5.69 Å². The molecule has 0 radical (unpaired) electrons. The Morgan fingerprint density at radius 3 is 2.24 bits per heavy atom. The summed E-state index contributed by atoms with van der Waals surface area (Å²) in [5, 5.41) is 10.7. The first-order valence-electron chi connectivity index (χ1n) is 8.65. The molecule has 2 heterocycles. The van der Waals surface area contributed by atoms with Crippen LogP contribution in [0.1, 0.15) is 5.56 Å². The van der Waals surface area contributed by atoms with Gasteiger partial charge in [0.15, 0.2) is 0 Å². The highest BCUT2D eigenvalue weighted by Crippen LogP contribution is 2.14. The van der Waals surface area contributed by atoms with E-state index in [4.69, 9.17) is 4.74 Å². The van der Waals surface area contributed by atoms with Crippen molar-refractivity contribution >= 4 is 11.6 Å². The molecular weight excluding hydrogens is 324 g/mol. The Bertz CT molecular complexity index is 593. The zero-order chi connectivity index (χ0) is 17.6. The minimum Gasteiger partial charge on any atom is -0.379 e. The van der Waals surface area contributed by atoms with Crippen molar-refractivity contribution in [2.45, 2.75) is 6.54 Å². The van der Waals surface area contributed by atoms with Gasteiger partial charge in [0.2, 0.25) is 5.91 Å². The number of amides is 1. The molecule has 2 aliphatic rings. The maximum Gasteiger partial charge on any atom is 0.269 e. The second kappa shape index (κ2) is 8.37. The lowest BCUT2D eigenvalue weighted by atomic mass is 10.2. The first kappa shape index (κ1) is 17.8. The van der Waals surface area contributed by atoms with Gasteiger partial charge in [-0.3, -0.25) is 24.7 Å². The second-order valence-corrected chi connectivity index (χ2v) is 6.47. The summed E-state index contributed by atoms with van der Waals surface area (Å²) >= 11 is 0. The Morgan fingerprint density at radius 1 is 1.00 bits per heavy atom. The van der Waals surface area contributed by atoms with Crippen LogP contribution in [-0.2, 0) is 16.1 Å². The highest BCUT2D eigenvalue weighted by atomic mass is 16.6. The molecule has 8 nitrogen and oxygen atoms in total. The van der Waals surface area contributed by atoms with E-state index in [1.165, 1.54) is 12.1 Å². The largest absolute Gasteiger partial charge is 0.379 e. The quantitative estimate of drug-likeness (QED) is 0.572. The van der Waals surface area contributed by atoms with E-state index in [0.29, 0.717) is 19.8 Å². The molecule has 0 N–H and O–H groups in total. The summed E-state index contributed by atoms with van der Waals surface area (Å²) in [6.07, 6.45) is 0. The van der Waals surface area contributed by atoms with Crippen LogP contribution in [0.4, 0.5) is 5.69 Å². The summed E-state index contributed by atoms with van der Waals surface area (Å²) in [5.41, 5.74) is 1.17. The van der Waals surface area contributed by atoms with Crippen LogP contribution in [0.2, 0.25) is 0 Å². The molecule has 25 heavy (non-hydrogen) atoms. The normalized spacial score (nSPS) is 19.8. The molecule has 1 aromatic rings. The van der Waals surface area contributed by atoms with Gasteiger partial charge in [-0.05, 0) is 5.56 Å². The number of carbonyl (C=O) groups is 1. The van der Waals surface area contributed by atoms with E-state index in [1.54, 1.807) is 12.1 Å². The van der Waals surface area contributed by atoms with Crippen LogP contribution in [0, 0.1) is 10.1 Å². The molecule has 0 bridgehead atoms. The van der Waals surface area contributed by atoms with Crippen molar-refractivity contribution in [3.05, 3.63) is 39.9 Å². The van der Waals surface area contributed by atoms with Crippen LogP contribution in [-0.4, -0.2) is 84.6 Å². The number of morpholine rings is 1. The number of nitro benzene ring substituents is 1. The van der Waals surface area contributed by atoms with E-state index in [9.17, 15) is 14.9 Å². The molecule has 3 rings (SSSR count). The summed E-state index contributed by atoms with van der Waals surface area (Å²) in [6, 6.07) is 6.68. The smallest absolute Gasteiger partial charge is 0.269 e. The third kappa shape index (κ3) is 4.97. The number of piperazine rings is 1. The summed E-state index contributed by atoms with van der Waals surface area (Å²) < 4.78 is 5.31. The number of benzene rings is 1. The van der Waals surface area contributed by atoms with Gasteiger partial charge >= 0.3 is 0 Å². The van der Waals surface area contributed by atoms with E-state index in [-0.39, 0.29) is 16.5 Å². The molecule has 2 saturated heterocycles. The molecule has 2 fully saturated rings. The Morgan fingerprint density at radius 2 is 1.64 bits per heavy atom. The number of non-ortho nitro benzene ring substituents is 1. The fourth-order valence-corrected chi connectivity index (χ4v) is 3.19. The van der Waals surface area contributed by atoms with Gasteiger partial charge in [0.1, 0.15) is 0 Å². The van der Waals surface area contributed by atoms with Crippen molar-refractivity contribution in [2.75, 3.05) is 59.0 Å². The number of nitro groups is 1. The highest BCUT2D eigenvalue weighted by molar-refractivity contribution is 5.78. The Kier molecular flexibility index (Phi) is 5.95. The molecule has 0 spiro atoms. The number of ether oxygens (including phenoxy) is 1. The van der Waals surface area contributed by atoms with Gasteiger partial charge in [0.05, 0.1) is 24.7 Å². The molecule has 1 aromatic carbocycles. The van der Waals surface area contributed by atoms with Gasteiger partial charge < -0.3 is 9.64 Å². The third-order valence-corrected chi connectivity index (χ3v) is 4.74. The van der Waals surface area contributed by atoms with Gasteiger partial charge in [0, 0.05) is 57.9 Å². The maximum absolute atomic E-state index is 12.4. The van der Waals surface area contributed by atoms with E-state index >= 15 is 0 Å². The van der Waals surface area contributed by atoms with Crippen LogP contribution in [0.25, 0.3) is 0 Å². The van der Waals surface area contributed by atoms with E-state index in [0.717, 1.165) is 51.4 Å². The first-order chi connectivity index (χ1) is 12.1. The highest BCUT2D eigenvalue weighted by Gasteiger charge is 2.23. The monoisotopic (exact) mass is 348 g/mol. The summed E-state index contributed by atoms with van der Waals surface area (Å²) in [4.78, 5) is 29.1. The maximum atomic E-state index is 12.4. The molecule has 0 aromatic heterocycles. The molecule has 0 saturated carbocycles. The number of hydrogen-bond acceptors (Lipinski definition) is 6. The Hall–Kier alpha value is -2.03. The molecule has 136 valence electrons. The van der Waals surface area contributed by atoms with Crippen LogP contribution < -0.4 is 0 Å². The zero-order valence-electron chi connectivity index (χ0n) is 14.3. The fourth-order valence-electron chi connectivity index (χ4n) is 3.19. The lowest BCUT2D eigenvalue weighted by Gasteiger charge is -2.36. The van der Waals surface area contributed by atoms with E-state index < -0.39 is 0 Å². The minimum atomic E-state index is -0.386. The van der Waals surface area contributed by atoms with E-state index in [1.807, 2.05) is 4.90 Å². The fraction of sp³-hybridized carbons (Fsp3) is 0.588. The van der Waals surface area contributed by atoms with Crippen LogP contribution >= 0.6 is 0 Å². The summed E-state index contributed by atoms with van der Waals surface area (Å²) in [7, 11) is 0. The standard InChI is InChI=1S/C17H24N4O4/c22-17(14-19-9-11-25-12-10-19)20-7-5-18(6-8-20)13-15-1-3-16(4-2-15)21(23)24/h1-4H,5-14H2. The number of nitrogens with zero attached hydrogens (tertiary/aromatic N) is 4. The van der Waals surface area contributed by atoms with Crippen molar-refractivity contribution in [3.63, 3.8) is 0 Å². The molecular formula is C17H24N4O4. The topological polar surface area (TPSA) is 79.2 Å². The summed E-state index contributed by atoms with van der Waals surface area (Å²) in [5.74, 6) is 0.192. The second-order valence-electron chi connectivity index (χ2n) is 6.47. The van der Waals surface area contributed by atoms with Crippen molar-refractivity contribution in [1.82, 2.24) is 14.7 Å². The van der Waals surface area contributed by atoms with Crippen molar-refractivity contribution < 1.29 is 14.5 Å². The van der Waals surface area contributed by atoms with E-state index in [2.05, 4.69) is 9.80 Å².